The number of rotatable bonds is 4. The van der Waals surface area contributed by atoms with E-state index in [0.29, 0.717) is 16.2 Å². The van der Waals surface area contributed by atoms with Crippen molar-refractivity contribution in [3.63, 3.8) is 0 Å². The molecule has 1 fully saturated rings. The number of benzene rings is 2. The summed E-state index contributed by atoms with van der Waals surface area (Å²) in [5.41, 5.74) is -0.120. The predicted molar refractivity (Wildman–Crippen MR) is 115 cm³/mol. The number of halogens is 3. The first-order valence-corrected chi connectivity index (χ1v) is 11.8. The molecule has 8 nitrogen and oxygen atoms in total. The van der Waals surface area contributed by atoms with E-state index in [1.54, 1.807) is 0 Å². The molecule has 0 radical (unpaired) electrons. The summed E-state index contributed by atoms with van der Waals surface area (Å²) in [6.45, 7) is 0.0427. The Balaban J connectivity index is 1.52. The van der Waals surface area contributed by atoms with Crippen LogP contribution in [-0.4, -0.2) is 54.6 Å². The van der Waals surface area contributed by atoms with E-state index in [2.05, 4.69) is 0 Å². The Labute approximate surface area is 189 Å². The molecular formula is C19H14ClF2N3O5S2. The molecule has 0 aliphatic carbocycles. The lowest BCUT2D eigenvalue weighted by Crippen LogP contribution is -2.50. The molecule has 4 rings (SSSR count). The van der Waals surface area contributed by atoms with Gasteiger partial charge in [-0.1, -0.05) is 11.6 Å². The highest BCUT2D eigenvalue weighted by atomic mass is 35.5. The average Bonchev–Trinajstić information content (AvgIpc) is 3.11. The van der Waals surface area contributed by atoms with Gasteiger partial charge < -0.3 is 4.90 Å². The van der Waals surface area contributed by atoms with Gasteiger partial charge in [0.1, 0.15) is 4.88 Å². The molecule has 1 saturated heterocycles. The molecule has 0 spiro atoms. The maximum atomic E-state index is 13.5. The van der Waals surface area contributed by atoms with Gasteiger partial charge in [-0.15, -0.1) is 11.3 Å². The van der Waals surface area contributed by atoms with Crippen LogP contribution in [0.15, 0.2) is 41.3 Å². The average molecular weight is 502 g/mol. The Bertz CT molecular complexity index is 1350. The Morgan fingerprint density at radius 2 is 1.75 bits per heavy atom. The number of nitro groups is 1. The predicted octanol–water partition coefficient (Wildman–Crippen LogP) is 3.89. The summed E-state index contributed by atoms with van der Waals surface area (Å²) >= 11 is 7.36. The SMILES string of the molecule is O=C(c1sc2cc([N+](=O)[O-])ccc2c1Cl)N1CCN(S(=O)(=O)c2ccc(F)c(F)c2)CC1. The van der Waals surface area contributed by atoms with E-state index in [4.69, 9.17) is 11.6 Å². The van der Waals surface area contributed by atoms with E-state index in [9.17, 15) is 32.1 Å². The zero-order valence-corrected chi connectivity index (χ0v) is 18.5. The van der Waals surface area contributed by atoms with Crippen molar-refractivity contribution in [3.05, 3.63) is 68.0 Å². The minimum atomic E-state index is -4.06. The number of nitrogens with zero attached hydrogens (tertiary/aromatic N) is 3. The molecule has 0 unspecified atom stereocenters. The summed E-state index contributed by atoms with van der Waals surface area (Å²) in [4.78, 5) is 24.7. The first-order valence-electron chi connectivity index (χ1n) is 9.20. The van der Waals surface area contributed by atoms with Gasteiger partial charge in [0.05, 0.1) is 14.8 Å². The van der Waals surface area contributed by atoms with Crippen LogP contribution in [-0.2, 0) is 10.0 Å². The number of piperazine rings is 1. The van der Waals surface area contributed by atoms with Gasteiger partial charge in [0, 0.05) is 48.4 Å². The quantitative estimate of drug-likeness (QED) is 0.399. The van der Waals surface area contributed by atoms with E-state index in [1.165, 1.54) is 23.1 Å². The first kappa shape index (κ1) is 22.5. The summed E-state index contributed by atoms with van der Waals surface area (Å²) < 4.78 is 53.6. The number of thiophene rings is 1. The van der Waals surface area contributed by atoms with Crippen LogP contribution in [0.3, 0.4) is 0 Å². The third-order valence-electron chi connectivity index (χ3n) is 5.07. The van der Waals surface area contributed by atoms with Gasteiger partial charge in [-0.05, 0) is 24.3 Å². The van der Waals surface area contributed by atoms with Crippen LogP contribution >= 0.6 is 22.9 Å². The van der Waals surface area contributed by atoms with E-state index in [0.717, 1.165) is 27.8 Å². The topological polar surface area (TPSA) is 101 Å². The highest BCUT2D eigenvalue weighted by molar-refractivity contribution is 7.89. The van der Waals surface area contributed by atoms with Crippen molar-refractivity contribution < 1.29 is 26.9 Å². The Kier molecular flexibility index (Phi) is 5.88. The molecule has 1 aromatic heterocycles. The van der Waals surface area contributed by atoms with Gasteiger partial charge in [0.15, 0.2) is 11.6 Å². The molecule has 13 heteroatoms. The Morgan fingerprint density at radius 1 is 1.06 bits per heavy atom. The number of fused-ring (bicyclic) bond motifs is 1. The van der Waals surface area contributed by atoms with Crippen LogP contribution in [0, 0.1) is 21.7 Å². The molecule has 0 N–H and O–H groups in total. The molecule has 0 saturated carbocycles. The molecule has 0 atom stereocenters. The van der Waals surface area contributed by atoms with Gasteiger partial charge in [-0.25, -0.2) is 17.2 Å². The molecule has 32 heavy (non-hydrogen) atoms. The van der Waals surface area contributed by atoms with Crippen molar-refractivity contribution in [1.82, 2.24) is 9.21 Å². The van der Waals surface area contributed by atoms with Gasteiger partial charge >= 0.3 is 0 Å². The van der Waals surface area contributed by atoms with Crippen LogP contribution in [0.25, 0.3) is 10.1 Å². The molecule has 2 heterocycles. The molecule has 3 aromatic rings. The van der Waals surface area contributed by atoms with E-state index in [1.807, 2.05) is 0 Å². The lowest BCUT2D eigenvalue weighted by atomic mass is 10.2. The van der Waals surface area contributed by atoms with Crippen LogP contribution in [0.5, 0.6) is 0 Å². The fourth-order valence-corrected chi connectivity index (χ4v) is 6.31. The zero-order valence-electron chi connectivity index (χ0n) is 16.1. The summed E-state index contributed by atoms with van der Waals surface area (Å²) in [6.07, 6.45) is 0. The molecule has 168 valence electrons. The largest absolute Gasteiger partial charge is 0.335 e. The van der Waals surface area contributed by atoms with Crippen LogP contribution in [0.2, 0.25) is 5.02 Å². The smallest absolute Gasteiger partial charge is 0.270 e. The number of nitro benzene ring substituents is 1. The molecule has 0 bridgehead atoms. The Hall–Kier alpha value is -2.67. The van der Waals surface area contributed by atoms with Gasteiger partial charge in [0.2, 0.25) is 10.0 Å². The van der Waals surface area contributed by atoms with Crippen molar-refractivity contribution in [1.29, 1.82) is 0 Å². The normalized spacial score (nSPS) is 15.3. The zero-order chi connectivity index (χ0) is 23.2. The fraction of sp³-hybridized carbons (Fsp3) is 0.211. The summed E-state index contributed by atoms with van der Waals surface area (Å²) in [6, 6.07) is 6.48. The monoisotopic (exact) mass is 501 g/mol. The standard InChI is InChI=1S/C19H14ClF2N3O5S2/c20-17-13-3-1-11(25(27)28)9-16(13)31-18(17)19(26)23-5-7-24(8-6-23)32(29,30)12-2-4-14(21)15(22)10-12/h1-4,9-10H,5-8H2. The molecule has 1 aliphatic rings. The Morgan fingerprint density at radius 3 is 2.38 bits per heavy atom. The minimum absolute atomic E-state index is 0.0406. The highest BCUT2D eigenvalue weighted by Crippen LogP contribution is 2.38. The van der Waals surface area contributed by atoms with Crippen LogP contribution in [0.1, 0.15) is 9.67 Å². The highest BCUT2D eigenvalue weighted by Gasteiger charge is 2.32. The molecular weight excluding hydrogens is 488 g/mol. The number of amides is 1. The number of non-ortho nitro benzene ring substituents is 1. The second kappa shape index (κ2) is 8.35. The molecule has 1 aliphatic heterocycles. The third kappa shape index (κ3) is 3.94. The van der Waals surface area contributed by atoms with Gasteiger partial charge in [0.25, 0.3) is 11.6 Å². The van der Waals surface area contributed by atoms with E-state index >= 15 is 0 Å². The molecule has 2 aromatic carbocycles. The lowest BCUT2D eigenvalue weighted by molar-refractivity contribution is -0.384. The fourth-order valence-electron chi connectivity index (χ4n) is 3.37. The summed E-state index contributed by atoms with van der Waals surface area (Å²) in [5, 5.41) is 11.7. The van der Waals surface area contributed by atoms with Crippen molar-refractivity contribution in [2.45, 2.75) is 4.90 Å². The van der Waals surface area contributed by atoms with Crippen molar-refractivity contribution in [2.75, 3.05) is 26.2 Å². The summed E-state index contributed by atoms with van der Waals surface area (Å²) in [5.74, 6) is -2.83. The number of hydrogen-bond acceptors (Lipinski definition) is 6. The van der Waals surface area contributed by atoms with Crippen LogP contribution < -0.4 is 0 Å². The van der Waals surface area contributed by atoms with Crippen molar-refractivity contribution >= 4 is 54.6 Å². The number of carbonyl (C=O) groups excluding carboxylic acids is 1. The minimum Gasteiger partial charge on any atom is -0.335 e. The van der Waals surface area contributed by atoms with Crippen molar-refractivity contribution in [3.8, 4) is 0 Å². The first-order chi connectivity index (χ1) is 15.1. The van der Waals surface area contributed by atoms with Gasteiger partial charge in [-0.2, -0.15) is 4.31 Å². The number of sulfonamides is 1. The third-order valence-corrected chi connectivity index (χ3v) is 8.61. The van der Waals surface area contributed by atoms with Crippen molar-refractivity contribution in [2.24, 2.45) is 0 Å². The van der Waals surface area contributed by atoms with Gasteiger partial charge in [-0.3, -0.25) is 14.9 Å². The van der Waals surface area contributed by atoms with Crippen LogP contribution in [0.4, 0.5) is 14.5 Å². The second-order valence-corrected chi connectivity index (χ2v) is 10.3. The lowest BCUT2D eigenvalue weighted by Gasteiger charge is -2.33. The number of carbonyl (C=O) groups is 1. The second-order valence-electron chi connectivity index (χ2n) is 6.95. The van der Waals surface area contributed by atoms with E-state index < -0.39 is 32.5 Å². The number of hydrogen-bond donors (Lipinski definition) is 0. The summed E-state index contributed by atoms with van der Waals surface area (Å²) in [7, 11) is -4.06. The molecule has 1 amide bonds. The maximum Gasteiger partial charge on any atom is 0.270 e. The van der Waals surface area contributed by atoms with E-state index in [-0.39, 0.29) is 46.7 Å². The maximum absolute atomic E-state index is 13.5.